The summed E-state index contributed by atoms with van der Waals surface area (Å²) in [6.07, 6.45) is 5.08. The third-order valence-corrected chi connectivity index (χ3v) is 4.30. The molecule has 0 aliphatic carbocycles. The van der Waals surface area contributed by atoms with Gasteiger partial charge in [0, 0.05) is 22.3 Å². The summed E-state index contributed by atoms with van der Waals surface area (Å²) in [7, 11) is 1.33. The topological polar surface area (TPSA) is 64.6 Å². The number of fused-ring (bicyclic) bond motifs is 1. The fourth-order valence-electron chi connectivity index (χ4n) is 2.67. The van der Waals surface area contributed by atoms with E-state index in [1.807, 2.05) is 25.1 Å². The second kappa shape index (κ2) is 8.10. The second-order valence-corrected chi connectivity index (χ2v) is 6.47. The van der Waals surface area contributed by atoms with E-state index in [4.69, 9.17) is 16.3 Å². The van der Waals surface area contributed by atoms with Gasteiger partial charge < -0.3 is 14.8 Å². The van der Waals surface area contributed by atoms with Crippen molar-refractivity contribution in [1.82, 2.24) is 0 Å². The summed E-state index contributed by atoms with van der Waals surface area (Å²) in [6, 6.07) is 10.4. The van der Waals surface area contributed by atoms with Gasteiger partial charge in [-0.25, -0.2) is 4.79 Å². The first-order valence-electron chi connectivity index (χ1n) is 8.27. The summed E-state index contributed by atoms with van der Waals surface area (Å²) in [5.41, 5.74) is 3.57. The molecule has 1 heterocycles. The van der Waals surface area contributed by atoms with Gasteiger partial charge in [-0.2, -0.15) is 0 Å². The van der Waals surface area contributed by atoms with Gasteiger partial charge in [-0.05, 0) is 60.5 Å². The third-order valence-electron chi connectivity index (χ3n) is 4.06. The number of nitrogens with one attached hydrogen (secondary N) is 1. The number of carbonyl (C=O) groups excluding carboxylic acids is 2. The van der Waals surface area contributed by atoms with Crippen LogP contribution in [-0.4, -0.2) is 25.6 Å². The molecule has 1 amide bonds. The quantitative estimate of drug-likeness (QED) is 0.627. The summed E-state index contributed by atoms with van der Waals surface area (Å²) in [6.45, 7) is 2.19. The van der Waals surface area contributed by atoms with E-state index in [-0.39, 0.29) is 5.91 Å². The molecule has 6 heteroatoms. The molecule has 2 aromatic rings. The van der Waals surface area contributed by atoms with Crippen molar-refractivity contribution >= 4 is 35.2 Å². The predicted octanol–water partition coefficient (Wildman–Crippen LogP) is 4.41. The van der Waals surface area contributed by atoms with Gasteiger partial charge in [-0.15, -0.1) is 0 Å². The third kappa shape index (κ3) is 4.57. The highest BCUT2D eigenvalue weighted by molar-refractivity contribution is 6.30. The monoisotopic (exact) mass is 383 g/mol. The molecule has 27 heavy (non-hydrogen) atoms. The molecule has 1 aliphatic rings. The van der Waals surface area contributed by atoms with Crippen LogP contribution in [0, 0.1) is 6.92 Å². The first kappa shape index (κ1) is 18.7. The summed E-state index contributed by atoms with van der Waals surface area (Å²) >= 11 is 6.00. The van der Waals surface area contributed by atoms with Crippen LogP contribution in [0.2, 0.25) is 5.02 Å². The lowest BCUT2D eigenvalue weighted by atomic mass is 10.1. The number of aryl methyl sites for hydroxylation is 1. The van der Waals surface area contributed by atoms with Crippen LogP contribution in [0.25, 0.3) is 6.08 Å². The smallest absolute Gasteiger partial charge is 0.337 e. The van der Waals surface area contributed by atoms with E-state index in [0.29, 0.717) is 22.9 Å². The van der Waals surface area contributed by atoms with Crippen molar-refractivity contribution in [3.8, 4) is 5.75 Å². The van der Waals surface area contributed by atoms with Crippen LogP contribution in [0.4, 0.5) is 5.69 Å². The Morgan fingerprint density at radius 2 is 2.04 bits per heavy atom. The summed E-state index contributed by atoms with van der Waals surface area (Å²) < 4.78 is 10.3. The van der Waals surface area contributed by atoms with Crippen molar-refractivity contribution in [3.63, 3.8) is 0 Å². The Morgan fingerprint density at radius 3 is 2.78 bits per heavy atom. The number of methoxy groups -OCH3 is 1. The maximum Gasteiger partial charge on any atom is 0.337 e. The zero-order valence-electron chi connectivity index (χ0n) is 14.9. The van der Waals surface area contributed by atoms with E-state index in [1.165, 1.54) is 13.2 Å². The standard InChI is InChI=1S/C21H18ClNO4/c1-13-9-15(21(25)26-2)4-6-18(13)23-20(24)8-3-14-10-16-11-17(22)5-7-19(16)27-12-14/h3-11H,12H2,1-2H3,(H,23,24)/b8-3+. The minimum atomic E-state index is -0.416. The summed E-state index contributed by atoms with van der Waals surface area (Å²) in [4.78, 5) is 23.7. The van der Waals surface area contributed by atoms with E-state index in [1.54, 1.807) is 30.3 Å². The number of esters is 1. The average Bonchev–Trinajstić information content (AvgIpc) is 2.66. The largest absolute Gasteiger partial charge is 0.488 e. The minimum absolute atomic E-state index is 0.276. The van der Waals surface area contributed by atoms with Gasteiger partial charge in [0.1, 0.15) is 12.4 Å². The lowest BCUT2D eigenvalue weighted by Crippen LogP contribution is -2.11. The number of amides is 1. The Kier molecular flexibility index (Phi) is 5.62. The number of rotatable bonds is 4. The van der Waals surface area contributed by atoms with E-state index in [9.17, 15) is 9.59 Å². The molecule has 0 bridgehead atoms. The molecule has 0 spiro atoms. The molecule has 0 aromatic heterocycles. The van der Waals surface area contributed by atoms with E-state index >= 15 is 0 Å². The Bertz CT molecular complexity index is 963. The van der Waals surface area contributed by atoms with Gasteiger partial charge >= 0.3 is 5.97 Å². The lowest BCUT2D eigenvalue weighted by molar-refractivity contribution is -0.111. The zero-order chi connectivity index (χ0) is 19.4. The van der Waals surface area contributed by atoms with Gasteiger partial charge in [0.25, 0.3) is 0 Å². The van der Waals surface area contributed by atoms with Gasteiger partial charge in [-0.1, -0.05) is 17.7 Å². The first-order chi connectivity index (χ1) is 13.0. The predicted molar refractivity (Wildman–Crippen MR) is 105 cm³/mol. The number of hydrogen-bond acceptors (Lipinski definition) is 4. The van der Waals surface area contributed by atoms with E-state index < -0.39 is 5.97 Å². The Labute approximate surface area is 162 Å². The number of anilines is 1. The molecule has 1 aliphatic heterocycles. The fourth-order valence-corrected chi connectivity index (χ4v) is 2.85. The molecule has 0 saturated carbocycles. The van der Waals surface area contributed by atoms with Crippen LogP contribution >= 0.6 is 11.6 Å². The van der Waals surface area contributed by atoms with E-state index in [2.05, 4.69) is 10.1 Å². The van der Waals surface area contributed by atoms with Gasteiger partial charge in [-0.3, -0.25) is 4.79 Å². The highest BCUT2D eigenvalue weighted by Crippen LogP contribution is 2.29. The van der Waals surface area contributed by atoms with E-state index in [0.717, 1.165) is 22.4 Å². The van der Waals surface area contributed by atoms with Crippen molar-refractivity contribution < 1.29 is 19.1 Å². The molecule has 0 atom stereocenters. The van der Waals surface area contributed by atoms with Crippen LogP contribution in [0.1, 0.15) is 21.5 Å². The number of carbonyl (C=O) groups is 2. The molecule has 2 aromatic carbocycles. The van der Waals surface area contributed by atoms with Crippen molar-refractivity contribution in [2.75, 3.05) is 19.0 Å². The second-order valence-electron chi connectivity index (χ2n) is 6.03. The maximum atomic E-state index is 12.2. The molecule has 3 rings (SSSR count). The SMILES string of the molecule is COC(=O)c1ccc(NC(=O)/C=C/C2=Cc3cc(Cl)ccc3OC2)c(C)c1. The molecule has 0 radical (unpaired) electrons. The molecule has 0 saturated heterocycles. The van der Waals surface area contributed by atoms with Crippen molar-refractivity contribution in [2.24, 2.45) is 0 Å². The lowest BCUT2D eigenvalue weighted by Gasteiger charge is -2.16. The van der Waals surface area contributed by atoms with Crippen LogP contribution in [0.15, 0.2) is 54.1 Å². The van der Waals surface area contributed by atoms with Crippen molar-refractivity contribution in [2.45, 2.75) is 6.92 Å². The van der Waals surface area contributed by atoms with Crippen LogP contribution in [0.5, 0.6) is 5.75 Å². The Morgan fingerprint density at radius 1 is 1.22 bits per heavy atom. The minimum Gasteiger partial charge on any atom is -0.488 e. The first-order valence-corrected chi connectivity index (χ1v) is 8.65. The highest BCUT2D eigenvalue weighted by Gasteiger charge is 2.11. The maximum absolute atomic E-state index is 12.2. The van der Waals surface area contributed by atoms with Crippen LogP contribution < -0.4 is 10.1 Å². The molecule has 5 nitrogen and oxygen atoms in total. The number of hydrogen-bond donors (Lipinski definition) is 1. The number of halogens is 1. The molecule has 1 N–H and O–H groups in total. The van der Waals surface area contributed by atoms with Gasteiger partial charge in [0.05, 0.1) is 12.7 Å². The fraction of sp³-hybridized carbons (Fsp3) is 0.143. The normalized spacial score (nSPS) is 12.8. The number of benzene rings is 2. The summed E-state index contributed by atoms with van der Waals surface area (Å²) in [5, 5.41) is 3.42. The number of ether oxygens (including phenoxy) is 2. The Balaban J connectivity index is 1.68. The van der Waals surface area contributed by atoms with Crippen molar-refractivity contribution in [3.05, 3.63) is 75.8 Å². The van der Waals surface area contributed by atoms with Gasteiger partial charge in [0.2, 0.25) is 5.91 Å². The molecule has 138 valence electrons. The van der Waals surface area contributed by atoms with Crippen molar-refractivity contribution in [1.29, 1.82) is 0 Å². The Hall–Kier alpha value is -3.05. The van der Waals surface area contributed by atoms with Crippen LogP contribution in [0.3, 0.4) is 0 Å². The highest BCUT2D eigenvalue weighted by atomic mass is 35.5. The van der Waals surface area contributed by atoms with Crippen LogP contribution in [-0.2, 0) is 9.53 Å². The molecular weight excluding hydrogens is 366 g/mol. The molecular formula is C21H18ClNO4. The van der Waals surface area contributed by atoms with Gasteiger partial charge in [0.15, 0.2) is 0 Å². The zero-order valence-corrected chi connectivity index (χ0v) is 15.7. The molecule has 0 unspecified atom stereocenters. The average molecular weight is 384 g/mol. The molecule has 0 fully saturated rings. The summed E-state index contributed by atoms with van der Waals surface area (Å²) in [5.74, 6) is 0.0736.